The molecule has 4 aromatic rings. The molecule has 2 aromatic carbocycles. The number of ether oxygens (including phenoxy) is 1. The number of nitrogens with one attached hydrogen (secondary N) is 1. The van der Waals surface area contributed by atoms with E-state index in [-0.39, 0.29) is 11.3 Å². The molecule has 9 heteroatoms. The standard InChI is InChI=1S/C19H14FN3O2S3/c1-25-14-8-7-11(9-13(14)20)10-27-18-21-16-15(17(24)22-18)28-19(26)23(16)12-5-3-2-4-6-12/h2-9H,10H2,1H3,(H,21,22,24). The molecule has 0 spiro atoms. The normalized spacial score (nSPS) is 11.1. The fourth-order valence-corrected chi connectivity index (χ4v) is 4.79. The summed E-state index contributed by atoms with van der Waals surface area (Å²) >= 11 is 7.99. The summed E-state index contributed by atoms with van der Waals surface area (Å²) in [6.45, 7) is 0. The molecule has 0 aliphatic heterocycles. The molecule has 0 fully saturated rings. The molecule has 0 unspecified atom stereocenters. The summed E-state index contributed by atoms with van der Waals surface area (Å²) in [6.07, 6.45) is 0. The number of aromatic nitrogens is 3. The van der Waals surface area contributed by atoms with E-state index >= 15 is 0 Å². The van der Waals surface area contributed by atoms with Gasteiger partial charge in [-0.1, -0.05) is 47.4 Å². The fraction of sp³-hybridized carbons (Fsp3) is 0.105. The number of nitrogens with zero attached hydrogens (tertiary/aromatic N) is 2. The van der Waals surface area contributed by atoms with Crippen LogP contribution in [-0.4, -0.2) is 21.6 Å². The fourth-order valence-electron chi connectivity index (χ4n) is 2.72. The van der Waals surface area contributed by atoms with Crippen LogP contribution in [0.5, 0.6) is 5.75 Å². The summed E-state index contributed by atoms with van der Waals surface area (Å²) in [5.41, 5.74) is 1.90. The van der Waals surface area contributed by atoms with E-state index in [2.05, 4.69) is 9.97 Å². The Morgan fingerprint density at radius 1 is 1.29 bits per heavy atom. The highest BCUT2D eigenvalue weighted by Crippen LogP contribution is 2.27. The van der Waals surface area contributed by atoms with E-state index in [1.807, 2.05) is 30.3 Å². The zero-order valence-corrected chi connectivity index (χ0v) is 17.1. The largest absolute Gasteiger partial charge is 0.494 e. The second kappa shape index (κ2) is 7.86. The van der Waals surface area contributed by atoms with Gasteiger partial charge in [0.25, 0.3) is 5.56 Å². The van der Waals surface area contributed by atoms with Crippen LogP contribution >= 0.6 is 35.3 Å². The van der Waals surface area contributed by atoms with Crippen molar-refractivity contribution in [1.82, 2.24) is 14.5 Å². The topological polar surface area (TPSA) is 59.9 Å². The summed E-state index contributed by atoms with van der Waals surface area (Å²) in [4.78, 5) is 19.9. The van der Waals surface area contributed by atoms with Gasteiger partial charge in [-0.15, -0.1) is 0 Å². The van der Waals surface area contributed by atoms with Crippen molar-refractivity contribution >= 4 is 45.7 Å². The molecule has 28 heavy (non-hydrogen) atoms. The molecule has 0 radical (unpaired) electrons. The van der Waals surface area contributed by atoms with Crippen molar-refractivity contribution in [1.29, 1.82) is 0 Å². The van der Waals surface area contributed by atoms with Crippen LogP contribution < -0.4 is 10.3 Å². The van der Waals surface area contributed by atoms with Gasteiger partial charge in [-0.2, -0.15) is 0 Å². The van der Waals surface area contributed by atoms with E-state index < -0.39 is 5.82 Å². The van der Waals surface area contributed by atoms with Crippen LogP contribution in [-0.2, 0) is 5.75 Å². The number of halogens is 1. The van der Waals surface area contributed by atoms with E-state index in [4.69, 9.17) is 17.0 Å². The van der Waals surface area contributed by atoms with E-state index in [1.165, 1.54) is 36.3 Å². The van der Waals surface area contributed by atoms with Gasteiger partial charge in [-0.25, -0.2) is 9.37 Å². The molecule has 4 rings (SSSR count). The highest BCUT2D eigenvalue weighted by atomic mass is 32.2. The van der Waals surface area contributed by atoms with Crippen molar-refractivity contribution in [2.75, 3.05) is 7.11 Å². The lowest BCUT2D eigenvalue weighted by atomic mass is 10.2. The number of methoxy groups -OCH3 is 1. The van der Waals surface area contributed by atoms with E-state index in [1.54, 1.807) is 16.7 Å². The summed E-state index contributed by atoms with van der Waals surface area (Å²) in [7, 11) is 1.42. The minimum atomic E-state index is -0.423. The lowest BCUT2D eigenvalue weighted by molar-refractivity contribution is 0.386. The average Bonchev–Trinajstić information content (AvgIpc) is 3.03. The number of thiazole rings is 1. The number of H-pyrrole nitrogens is 1. The summed E-state index contributed by atoms with van der Waals surface area (Å²) in [6, 6.07) is 14.3. The number of para-hydroxylation sites is 1. The SMILES string of the molecule is COc1ccc(CSc2nc3c(sc(=S)n3-c3ccccc3)c(=O)[nH]2)cc1F. The zero-order valence-electron chi connectivity index (χ0n) is 14.6. The molecule has 142 valence electrons. The molecule has 2 heterocycles. The van der Waals surface area contributed by atoms with Crippen LogP contribution in [0.4, 0.5) is 4.39 Å². The first-order valence-electron chi connectivity index (χ1n) is 8.23. The molecule has 2 aromatic heterocycles. The highest BCUT2D eigenvalue weighted by molar-refractivity contribution is 7.98. The maximum atomic E-state index is 13.9. The average molecular weight is 432 g/mol. The quantitative estimate of drug-likeness (QED) is 0.275. The number of rotatable bonds is 5. The van der Waals surface area contributed by atoms with Crippen molar-refractivity contribution in [3.63, 3.8) is 0 Å². The number of fused-ring (bicyclic) bond motifs is 1. The van der Waals surface area contributed by atoms with Crippen molar-refractivity contribution < 1.29 is 9.13 Å². The number of hydrogen-bond donors (Lipinski definition) is 1. The predicted molar refractivity (Wildman–Crippen MR) is 113 cm³/mol. The monoisotopic (exact) mass is 431 g/mol. The van der Waals surface area contributed by atoms with Gasteiger partial charge in [0.1, 0.15) is 4.70 Å². The number of benzene rings is 2. The minimum absolute atomic E-state index is 0.196. The van der Waals surface area contributed by atoms with Crippen molar-refractivity contribution in [3.05, 3.63) is 74.2 Å². The minimum Gasteiger partial charge on any atom is -0.494 e. The van der Waals surface area contributed by atoms with Crippen LogP contribution in [0.15, 0.2) is 58.5 Å². The Morgan fingerprint density at radius 3 is 2.79 bits per heavy atom. The van der Waals surface area contributed by atoms with E-state index in [0.29, 0.717) is 25.2 Å². The van der Waals surface area contributed by atoms with Gasteiger partial charge in [0.2, 0.25) is 0 Å². The van der Waals surface area contributed by atoms with Crippen molar-refractivity contribution in [2.45, 2.75) is 10.9 Å². The number of thioether (sulfide) groups is 1. The molecule has 5 nitrogen and oxygen atoms in total. The van der Waals surface area contributed by atoms with Gasteiger partial charge in [0, 0.05) is 11.4 Å². The van der Waals surface area contributed by atoms with Crippen LogP contribution in [0.1, 0.15) is 5.56 Å². The summed E-state index contributed by atoms with van der Waals surface area (Å²) in [5.74, 6) is 0.223. The van der Waals surface area contributed by atoms with E-state index in [9.17, 15) is 9.18 Å². The number of hydrogen-bond acceptors (Lipinski definition) is 6. The molecule has 1 N–H and O–H groups in total. The second-order valence-electron chi connectivity index (χ2n) is 5.82. The summed E-state index contributed by atoms with van der Waals surface area (Å²) in [5, 5.41) is 0.450. The van der Waals surface area contributed by atoms with Crippen LogP contribution in [0.3, 0.4) is 0 Å². The first-order chi connectivity index (χ1) is 13.6. The molecule has 0 amide bonds. The van der Waals surface area contributed by atoms with Gasteiger partial charge in [0.05, 0.1) is 7.11 Å². The Hall–Kier alpha value is -2.49. The van der Waals surface area contributed by atoms with Gasteiger partial charge in [-0.05, 0) is 42.0 Å². The Labute approximate surface area is 172 Å². The van der Waals surface area contributed by atoms with Crippen molar-refractivity contribution in [3.8, 4) is 11.4 Å². The smallest absolute Gasteiger partial charge is 0.271 e. The third kappa shape index (κ3) is 3.60. The Balaban J connectivity index is 1.70. The molecular weight excluding hydrogens is 417 g/mol. The lowest BCUT2D eigenvalue weighted by Crippen LogP contribution is -2.09. The maximum Gasteiger partial charge on any atom is 0.271 e. The molecule has 0 atom stereocenters. The molecule has 0 aliphatic rings. The molecule has 0 saturated carbocycles. The van der Waals surface area contributed by atoms with Crippen LogP contribution in [0, 0.1) is 9.77 Å². The highest BCUT2D eigenvalue weighted by Gasteiger charge is 2.14. The lowest BCUT2D eigenvalue weighted by Gasteiger charge is -2.06. The van der Waals surface area contributed by atoms with Crippen LogP contribution in [0.2, 0.25) is 0 Å². The zero-order chi connectivity index (χ0) is 19.7. The third-order valence-electron chi connectivity index (χ3n) is 4.03. The number of aromatic amines is 1. The Morgan fingerprint density at radius 2 is 2.07 bits per heavy atom. The summed E-state index contributed by atoms with van der Waals surface area (Å²) < 4.78 is 21.6. The van der Waals surface area contributed by atoms with Crippen molar-refractivity contribution in [2.24, 2.45) is 0 Å². The molecular formula is C19H14FN3O2S3. The van der Waals surface area contributed by atoms with Gasteiger partial charge in [-0.3, -0.25) is 9.36 Å². The first kappa shape index (κ1) is 18.9. The van der Waals surface area contributed by atoms with Gasteiger partial charge in [0.15, 0.2) is 26.3 Å². The predicted octanol–water partition coefficient (Wildman–Crippen LogP) is 4.94. The van der Waals surface area contributed by atoms with Gasteiger partial charge >= 0.3 is 0 Å². The van der Waals surface area contributed by atoms with Gasteiger partial charge < -0.3 is 9.72 Å². The molecule has 0 saturated heterocycles. The van der Waals surface area contributed by atoms with Crippen LogP contribution in [0.25, 0.3) is 16.0 Å². The molecule has 0 aliphatic carbocycles. The first-order valence-corrected chi connectivity index (χ1v) is 10.4. The second-order valence-corrected chi connectivity index (χ2v) is 8.43. The third-order valence-corrected chi connectivity index (χ3v) is 6.33. The van der Waals surface area contributed by atoms with E-state index in [0.717, 1.165) is 11.3 Å². The Kier molecular flexibility index (Phi) is 5.29. The maximum absolute atomic E-state index is 13.9. The Bertz CT molecular complexity index is 1270. The molecule has 0 bridgehead atoms.